The second-order valence-electron chi connectivity index (χ2n) is 7.06. The SMILES string of the molecule is Cc1cc(C)c(N2CCN(C(=O)C3CCCCC3)CC2)c(Cl)c1. The average molecular weight is 335 g/mol. The van der Waals surface area contributed by atoms with Gasteiger partial charge in [-0.05, 0) is 43.9 Å². The lowest BCUT2D eigenvalue weighted by atomic mass is 9.88. The van der Waals surface area contributed by atoms with Crippen LogP contribution in [0.3, 0.4) is 0 Å². The van der Waals surface area contributed by atoms with Gasteiger partial charge in [0.2, 0.25) is 5.91 Å². The molecule has 0 bridgehead atoms. The summed E-state index contributed by atoms with van der Waals surface area (Å²) in [5.41, 5.74) is 3.56. The van der Waals surface area contributed by atoms with Gasteiger partial charge in [0.25, 0.3) is 0 Å². The van der Waals surface area contributed by atoms with Gasteiger partial charge in [0.05, 0.1) is 10.7 Å². The van der Waals surface area contributed by atoms with Crippen molar-refractivity contribution in [2.45, 2.75) is 46.0 Å². The van der Waals surface area contributed by atoms with Crippen molar-refractivity contribution in [3.63, 3.8) is 0 Å². The highest BCUT2D eigenvalue weighted by Crippen LogP contribution is 2.32. The van der Waals surface area contributed by atoms with Gasteiger partial charge in [0.15, 0.2) is 0 Å². The molecular weight excluding hydrogens is 308 g/mol. The number of carbonyl (C=O) groups excluding carboxylic acids is 1. The first kappa shape index (κ1) is 16.6. The standard InChI is InChI=1S/C19H27ClN2O/c1-14-12-15(2)18(17(20)13-14)21-8-10-22(11-9-21)19(23)16-6-4-3-5-7-16/h12-13,16H,3-11H2,1-2H3. The monoisotopic (exact) mass is 334 g/mol. The average Bonchev–Trinajstić information content (AvgIpc) is 2.55. The van der Waals surface area contributed by atoms with Crippen LogP contribution < -0.4 is 4.90 Å². The molecule has 1 aliphatic carbocycles. The first-order valence-corrected chi connectivity index (χ1v) is 9.24. The van der Waals surface area contributed by atoms with E-state index in [1.54, 1.807) is 0 Å². The minimum absolute atomic E-state index is 0.278. The van der Waals surface area contributed by atoms with E-state index < -0.39 is 0 Å². The third-order valence-corrected chi connectivity index (χ3v) is 5.55. The Labute approximate surface area is 144 Å². The number of benzene rings is 1. The van der Waals surface area contributed by atoms with Crippen LogP contribution in [0.2, 0.25) is 5.02 Å². The van der Waals surface area contributed by atoms with Gasteiger partial charge >= 0.3 is 0 Å². The van der Waals surface area contributed by atoms with Crippen LogP contribution in [0.4, 0.5) is 5.69 Å². The quantitative estimate of drug-likeness (QED) is 0.809. The predicted molar refractivity (Wildman–Crippen MR) is 96.3 cm³/mol. The maximum absolute atomic E-state index is 12.7. The van der Waals surface area contributed by atoms with Crippen LogP contribution >= 0.6 is 11.6 Å². The highest BCUT2D eigenvalue weighted by Gasteiger charge is 2.29. The van der Waals surface area contributed by atoms with Gasteiger partial charge in [0, 0.05) is 32.1 Å². The minimum Gasteiger partial charge on any atom is -0.367 e. The van der Waals surface area contributed by atoms with E-state index in [0.717, 1.165) is 49.7 Å². The Kier molecular flexibility index (Phi) is 5.15. The molecule has 2 fully saturated rings. The molecule has 0 aromatic heterocycles. The van der Waals surface area contributed by atoms with Crippen molar-refractivity contribution in [3.05, 3.63) is 28.3 Å². The zero-order chi connectivity index (χ0) is 16.4. The fourth-order valence-electron chi connectivity index (χ4n) is 4.07. The number of halogens is 1. The van der Waals surface area contributed by atoms with Gasteiger partial charge in [-0.25, -0.2) is 0 Å². The Balaban J connectivity index is 1.63. The van der Waals surface area contributed by atoms with Crippen molar-refractivity contribution in [2.75, 3.05) is 31.1 Å². The molecule has 1 amide bonds. The van der Waals surface area contributed by atoms with Crippen molar-refractivity contribution in [1.82, 2.24) is 4.90 Å². The van der Waals surface area contributed by atoms with Crippen LogP contribution in [0.5, 0.6) is 0 Å². The van der Waals surface area contributed by atoms with Crippen LogP contribution in [0, 0.1) is 19.8 Å². The molecular formula is C19H27ClN2O. The number of anilines is 1. The highest BCUT2D eigenvalue weighted by atomic mass is 35.5. The zero-order valence-corrected chi connectivity index (χ0v) is 15.0. The number of hydrogen-bond acceptors (Lipinski definition) is 2. The highest BCUT2D eigenvalue weighted by molar-refractivity contribution is 6.33. The van der Waals surface area contributed by atoms with E-state index in [4.69, 9.17) is 11.6 Å². The number of hydrogen-bond donors (Lipinski definition) is 0. The molecule has 1 aliphatic heterocycles. The van der Waals surface area contributed by atoms with E-state index in [2.05, 4.69) is 29.7 Å². The molecule has 0 spiro atoms. The van der Waals surface area contributed by atoms with Gasteiger partial charge in [-0.2, -0.15) is 0 Å². The van der Waals surface area contributed by atoms with Gasteiger partial charge in [-0.15, -0.1) is 0 Å². The number of carbonyl (C=O) groups is 1. The molecule has 3 rings (SSSR count). The van der Waals surface area contributed by atoms with Crippen LogP contribution in [-0.4, -0.2) is 37.0 Å². The maximum atomic E-state index is 12.7. The summed E-state index contributed by atoms with van der Waals surface area (Å²) in [5, 5.41) is 0.828. The molecule has 1 saturated heterocycles. The third-order valence-electron chi connectivity index (χ3n) is 5.26. The summed E-state index contributed by atoms with van der Waals surface area (Å²) in [7, 11) is 0. The number of amides is 1. The van der Waals surface area contributed by atoms with E-state index in [1.165, 1.54) is 30.4 Å². The minimum atomic E-state index is 0.278. The molecule has 23 heavy (non-hydrogen) atoms. The van der Waals surface area contributed by atoms with Gasteiger partial charge < -0.3 is 9.80 Å². The molecule has 4 heteroatoms. The summed E-state index contributed by atoms with van der Waals surface area (Å²) in [5.74, 6) is 0.663. The van der Waals surface area contributed by atoms with E-state index in [9.17, 15) is 4.79 Å². The van der Waals surface area contributed by atoms with Gasteiger partial charge in [-0.3, -0.25) is 4.79 Å². The normalized spacial score (nSPS) is 20.0. The number of rotatable bonds is 2. The van der Waals surface area contributed by atoms with Crippen molar-refractivity contribution < 1.29 is 4.79 Å². The van der Waals surface area contributed by atoms with Crippen molar-refractivity contribution in [1.29, 1.82) is 0 Å². The van der Waals surface area contributed by atoms with Crippen molar-refractivity contribution in [2.24, 2.45) is 5.92 Å². The molecule has 1 aromatic carbocycles. The lowest BCUT2D eigenvalue weighted by Crippen LogP contribution is -2.50. The summed E-state index contributed by atoms with van der Waals surface area (Å²) in [4.78, 5) is 17.1. The second kappa shape index (κ2) is 7.12. The first-order chi connectivity index (χ1) is 11.1. The van der Waals surface area contributed by atoms with E-state index in [-0.39, 0.29) is 5.92 Å². The van der Waals surface area contributed by atoms with E-state index in [0.29, 0.717) is 5.91 Å². The lowest BCUT2D eigenvalue weighted by molar-refractivity contribution is -0.136. The topological polar surface area (TPSA) is 23.6 Å². The molecule has 0 radical (unpaired) electrons. The first-order valence-electron chi connectivity index (χ1n) is 8.87. The summed E-state index contributed by atoms with van der Waals surface area (Å²) in [6.45, 7) is 7.58. The molecule has 0 N–H and O–H groups in total. The van der Waals surface area contributed by atoms with Crippen LogP contribution in [-0.2, 0) is 4.79 Å². The van der Waals surface area contributed by atoms with Gasteiger partial charge in [-0.1, -0.05) is 36.9 Å². The van der Waals surface area contributed by atoms with Crippen molar-refractivity contribution in [3.8, 4) is 0 Å². The smallest absolute Gasteiger partial charge is 0.225 e. The fourth-order valence-corrected chi connectivity index (χ4v) is 4.51. The largest absolute Gasteiger partial charge is 0.367 e. The van der Waals surface area contributed by atoms with Crippen LogP contribution in [0.25, 0.3) is 0 Å². The Morgan fingerprint density at radius 2 is 1.70 bits per heavy atom. The van der Waals surface area contributed by atoms with Gasteiger partial charge in [0.1, 0.15) is 0 Å². The summed E-state index contributed by atoms with van der Waals surface area (Å²) < 4.78 is 0. The Morgan fingerprint density at radius 1 is 1.04 bits per heavy atom. The van der Waals surface area contributed by atoms with E-state index in [1.807, 2.05) is 6.07 Å². The summed E-state index contributed by atoms with van der Waals surface area (Å²) in [6.07, 6.45) is 5.90. The second-order valence-corrected chi connectivity index (χ2v) is 7.47. The van der Waals surface area contributed by atoms with E-state index >= 15 is 0 Å². The summed E-state index contributed by atoms with van der Waals surface area (Å²) >= 11 is 6.47. The molecule has 1 aromatic rings. The predicted octanol–water partition coefficient (Wildman–Crippen LogP) is 4.19. The Bertz CT molecular complexity index is 550. The molecule has 0 atom stereocenters. The molecule has 0 unspecified atom stereocenters. The Morgan fingerprint density at radius 3 is 2.30 bits per heavy atom. The lowest BCUT2D eigenvalue weighted by Gasteiger charge is -2.39. The molecule has 2 aliphatic rings. The number of aryl methyl sites for hydroxylation is 2. The maximum Gasteiger partial charge on any atom is 0.225 e. The van der Waals surface area contributed by atoms with Crippen molar-refractivity contribution >= 4 is 23.2 Å². The summed E-state index contributed by atoms with van der Waals surface area (Å²) in [6, 6.07) is 4.21. The van der Waals surface area contributed by atoms with Crippen LogP contribution in [0.15, 0.2) is 12.1 Å². The molecule has 3 nitrogen and oxygen atoms in total. The third kappa shape index (κ3) is 3.65. The molecule has 1 heterocycles. The Hall–Kier alpha value is -1.22. The fraction of sp³-hybridized carbons (Fsp3) is 0.632. The molecule has 126 valence electrons. The number of piperazine rings is 1. The molecule has 1 saturated carbocycles. The zero-order valence-electron chi connectivity index (χ0n) is 14.3. The number of nitrogens with zero attached hydrogens (tertiary/aromatic N) is 2. The van der Waals surface area contributed by atoms with Crippen LogP contribution in [0.1, 0.15) is 43.2 Å².